The second-order valence-electron chi connectivity index (χ2n) is 26.7. The molecule has 9 aromatic rings. The Hall–Kier alpha value is -15.7. The minimum atomic E-state index is -0.405. The Balaban J connectivity index is 0.000000726. The molecule has 0 aliphatic rings. The molecule has 9 rings (SSSR count). The lowest BCUT2D eigenvalue weighted by atomic mass is 10.1. The summed E-state index contributed by atoms with van der Waals surface area (Å²) >= 11 is 0. The van der Waals surface area contributed by atoms with Crippen LogP contribution in [0.15, 0.2) is 206 Å². The van der Waals surface area contributed by atoms with E-state index in [1.54, 1.807) is 135 Å². The van der Waals surface area contributed by atoms with Crippen LogP contribution in [0.3, 0.4) is 0 Å². The average molecular weight is 1780 g/mol. The van der Waals surface area contributed by atoms with Crippen LogP contribution in [0.2, 0.25) is 0 Å². The number of carbonyl (C=O) groups is 9. The van der Waals surface area contributed by atoms with Gasteiger partial charge in [-0.1, -0.05) is 91.1 Å². The lowest BCUT2D eigenvalue weighted by Crippen LogP contribution is -1.91. The van der Waals surface area contributed by atoms with Crippen LogP contribution in [-0.2, 0) is 69.6 Å². The smallest absolute Gasteiger partial charge is 0.203 e. The highest BCUT2D eigenvalue weighted by Crippen LogP contribution is 2.39. The average Bonchev–Trinajstić information content (AvgIpc) is 0.840. The summed E-state index contributed by atoms with van der Waals surface area (Å²) in [7, 11) is 8.88. The molecule has 684 valence electrons. The van der Waals surface area contributed by atoms with Crippen molar-refractivity contribution >= 4 is 107 Å². The molecular formula is C100H110O29. The van der Waals surface area contributed by atoms with Gasteiger partial charge in [-0.15, -0.1) is 0 Å². The number of allylic oxidation sites excluding steroid dienone is 9. The van der Waals surface area contributed by atoms with Gasteiger partial charge < -0.3 is 99.9 Å². The second-order valence-corrected chi connectivity index (χ2v) is 26.7. The van der Waals surface area contributed by atoms with Crippen LogP contribution in [-0.4, -0.2) is 166 Å². The van der Waals surface area contributed by atoms with E-state index in [0.717, 1.165) is 27.8 Å². The molecule has 0 aliphatic carbocycles. The monoisotopic (exact) mass is 1770 g/mol. The van der Waals surface area contributed by atoms with Gasteiger partial charge in [0.1, 0.15) is 28.7 Å². The van der Waals surface area contributed by atoms with Gasteiger partial charge in [-0.25, -0.2) is 0 Å². The van der Waals surface area contributed by atoms with Gasteiger partial charge in [0, 0.05) is 33.9 Å². The molecule has 0 saturated carbocycles. The molecule has 0 radical (unpaired) electrons. The van der Waals surface area contributed by atoms with Gasteiger partial charge in [0.05, 0.1) is 69.1 Å². The van der Waals surface area contributed by atoms with Crippen LogP contribution in [0.5, 0.6) is 92.0 Å². The van der Waals surface area contributed by atoms with E-state index in [4.69, 9.17) is 54.0 Å². The van der Waals surface area contributed by atoms with Crippen molar-refractivity contribution in [3.8, 4) is 92.0 Å². The predicted molar refractivity (Wildman–Crippen MR) is 495 cm³/mol. The maximum atomic E-state index is 10.8. The Morgan fingerprint density at radius 2 is 0.612 bits per heavy atom. The number of para-hydroxylation sites is 1. The van der Waals surface area contributed by atoms with E-state index in [0.29, 0.717) is 67.7 Å². The topological polar surface area (TPSA) is 492 Å². The molecule has 9 aromatic carbocycles. The summed E-state index contributed by atoms with van der Waals surface area (Å²) in [5.74, 6) is 1.41. The summed E-state index contributed by atoms with van der Waals surface area (Å²) in [6.45, 7) is 12.2. The first-order chi connectivity index (χ1) is 61.1. The number of ketones is 9. The van der Waals surface area contributed by atoms with Crippen LogP contribution in [0.4, 0.5) is 0 Å². The number of ether oxygens (including phenoxy) is 6. The fourth-order valence-corrected chi connectivity index (χ4v) is 9.81. The Labute approximate surface area is 748 Å². The van der Waals surface area contributed by atoms with Gasteiger partial charge in [0.15, 0.2) is 110 Å². The van der Waals surface area contributed by atoms with E-state index in [2.05, 4.69) is 0 Å². The molecule has 0 aliphatic heterocycles. The molecule has 0 saturated heterocycles. The summed E-state index contributed by atoms with van der Waals surface area (Å²) in [6.07, 6.45) is 26.9. The highest BCUT2D eigenvalue weighted by atomic mass is 16.5. The number of methoxy groups -OCH3 is 6. The predicted octanol–water partition coefficient (Wildman–Crippen LogP) is 15.7. The van der Waals surface area contributed by atoms with Crippen molar-refractivity contribution in [3.63, 3.8) is 0 Å². The van der Waals surface area contributed by atoms with E-state index >= 15 is 0 Å². The summed E-state index contributed by atoms with van der Waals surface area (Å²) in [6, 6.07) is 40.4. The number of hydrogen-bond donors (Lipinski definition) is 14. The highest BCUT2D eigenvalue weighted by molar-refractivity contribution is 5.96. The lowest BCUT2D eigenvalue weighted by Gasteiger charge is -2.07. The molecule has 0 aromatic heterocycles. The van der Waals surface area contributed by atoms with Crippen molar-refractivity contribution in [2.24, 2.45) is 0 Å². The first-order valence-electron chi connectivity index (χ1n) is 38.6. The molecule has 0 fully saturated rings. The number of hydrogen-bond acceptors (Lipinski definition) is 29. The Kier molecular flexibility index (Phi) is 52.4. The fourth-order valence-electron chi connectivity index (χ4n) is 9.81. The van der Waals surface area contributed by atoms with Gasteiger partial charge in [-0.05, 0) is 271 Å². The summed E-state index contributed by atoms with van der Waals surface area (Å²) in [5, 5.41) is 130. The molecular weight excluding hydrogens is 1670 g/mol. The van der Waals surface area contributed by atoms with Gasteiger partial charge in [-0.2, -0.15) is 0 Å². The molecule has 129 heavy (non-hydrogen) atoms. The largest absolute Gasteiger partial charge is 0.508 e. The number of phenolic OH excluding ortho intramolecular Hbond substituents is 8. The maximum Gasteiger partial charge on any atom is 0.203 e. The van der Waals surface area contributed by atoms with Crippen molar-refractivity contribution in [1.82, 2.24) is 0 Å². The fraction of sp³-hybridized carbons (Fsp3) is 0.190. The number of benzene rings is 9. The number of aromatic hydroxyl groups is 10. The summed E-state index contributed by atoms with van der Waals surface area (Å²) in [4.78, 5) is 96.2. The third-order valence-corrected chi connectivity index (χ3v) is 16.4. The lowest BCUT2D eigenvalue weighted by molar-refractivity contribution is -0.113. The molecule has 0 amide bonds. The standard InChI is InChI=1S/C12H14O3.2C11H12O4.6C11H12O3/c1-9(14)3-4-10-5-6-12(15-2)7-11(10)8-13;1-7(12)3-4-8-5-6-9(13)11(15-2)10(8)14;1-7(13)2-3-8-4-5-10(14)11(15)9(8)6-12;1-8(12)3-4-9-5-6-10(14-2)7-11(9)13;1-8(12)3-4-9-5-6-11(14-2)10(13)7-9;1-8(12)3-4-9-5-6-10(13)11(7-9)14-2;1-8(12)6-7-9-4-3-5-10(14-2)11(9)13;1-8(13)2-3-9-4-5-11(14)6-10(9)7-12;1-8(13)5-6-9-3-2-4-11(14)10(9)7-12/h3-7,13H,8H2,1-2H3;3-6,13-14H,1-2H3;2-5,12,14-15H,6H2,1H3;4*3-7,13H,1-2H3;2*2-6,12,14H,7H2,1H3/b2*4-3+;3-2+;3*4-3+;7-6+;3-2+;6-5+. The van der Waals surface area contributed by atoms with Crippen molar-refractivity contribution in [2.45, 2.75) is 88.7 Å². The van der Waals surface area contributed by atoms with Gasteiger partial charge in [0.25, 0.3) is 0 Å². The van der Waals surface area contributed by atoms with E-state index in [1.165, 1.54) is 225 Å². The molecule has 0 bridgehead atoms. The van der Waals surface area contributed by atoms with Crippen LogP contribution < -0.4 is 28.4 Å². The third-order valence-electron chi connectivity index (χ3n) is 16.4. The first kappa shape index (κ1) is 111. The van der Waals surface area contributed by atoms with Crippen LogP contribution in [0.25, 0.3) is 54.7 Å². The molecule has 29 heteroatoms. The zero-order valence-electron chi connectivity index (χ0n) is 74.0. The van der Waals surface area contributed by atoms with Crippen molar-refractivity contribution in [1.29, 1.82) is 0 Å². The van der Waals surface area contributed by atoms with E-state index < -0.39 is 6.61 Å². The van der Waals surface area contributed by atoms with Crippen LogP contribution in [0.1, 0.15) is 135 Å². The highest BCUT2D eigenvalue weighted by Gasteiger charge is 2.14. The van der Waals surface area contributed by atoms with E-state index in [1.807, 2.05) is 6.07 Å². The number of carbonyl (C=O) groups excluding carboxylic acids is 9. The van der Waals surface area contributed by atoms with Crippen LogP contribution >= 0.6 is 0 Å². The quantitative estimate of drug-likeness (QED) is 0.0160. The number of phenols is 10. The van der Waals surface area contributed by atoms with Crippen molar-refractivity contribution < 1.29 is 143 Å². The van der Waals surface area contributed by atoms with Gasteiger partial charge >= 0.3 is 0 Å². The Bertz CT molecular complexity index is 5530. The normalized spacial score (nSPS) is 10.6. The van der Waals surface area contributed by atoms with Gasteiger partial charge in [-0.3, -0.25) is 43.2 Å². The number of aliphatic hydroxyl groups is 4. The second kappa shape index (κ2) is 60.8. The Morgan fingerprint density at radius 1 is 0.248 bits per heavy atom. The first-order valence-corrected chi connectivity index (χ1v) is 38.6. The van der Waals surface area contributed by atoms with Gasteiger partial charge in [0.2, 0.25) is 5.75 Å². The minimum Gasteiger partial charge on any atom is -0.508 e. The number of rotatable bonds is 28. The molecule has 0 atom stereocenters. The third kappa shape index (κ3) is 44.0. The van der Waals surface area contributed by atoms with E-state index in [9.17, 15) is 89.1 Å². The van der Waals surface area contributed by atoms with Crippen LogP contribution in [0, 0.1) is 0 Å². The maximum absolute atomic E-state index is 10.8. The van der Waals surface area contributed by atoms with Crippen molar-refractivity contribution in [3.05, 3.63) is 279 Å². The minimum absolute atomic E-state index is 0.000650. The molecule has 0 unspecified atom stereocenters. The zero-order valence-corrected chi connectivity index (χ0v) is 74.0. The Morgan fingerprint density at radius 3 is 1.05 bits per heavy atom. The molecule has 0 heterocycles. The molecule has 0 spiro atoms. The van der Waals surface area contributed by atoms with Crippen molar-refractivity contribution in [2.75, 3.05) is 42.7 Å². The SMILES string of the molecule is CC(=O)/C=C/c1ccc(O)c(O)c1CO.CC(=O)/C=C/c1ccc(O)cc1CO.CC(=O)/C=C/c1cccc(O)c1CO.COc1c(O)ccc(/C=C/C(C)=O)c1O.COc1cc(/C=C/C(C)=O)ccc1O.COc1ccc(/C=C/C(C)=O)c(CO)c1.COc1ccc(/C=C/C(C)=O)c(O)c1.COc1ccc(/C=C/C(C)=O)cc1O.COc1cccc(/C=C/C(C)=O)c1O. The van der Waals surface area contributed by atoms with E-state index in [-0.39, 0.29) is 141 Å². The number of aliphatic hydroxyl groups excluding tert-OH is 4. The molecule has 29 nitrogen and oxygen atoms in total. The zero-order chi connectivity index (χ0) is 97.4. The summed E-state index contributed by atoms with van der Waals surface area (Å²) < 4.78 is 29.5. The summed E-state index contributed by atoms with van der Waals surface area (Å²) in [5.41, 5.74) is 7.86. The molecule has 14 N–H and O–H groups in total.